The van der Waals surface area contributed by atoms with Gasteiger partial charge in [0.15, 0.2) is 5.71 Å². The molecule has 0 heterocycles. The molecule has 0 radical (unpaired) electrons. The summed E-state index contributed by atoms with van der Waals surface area (Å²) in [6, 6.07) is 1.55. The highest BCUT2D eigenvalue weighted by molar-refractivity contribution is 6.46. The predicted molar refractivity (Wildman–Crippen MR) is 48.1 cm³/mol. The zero-order valence-corrected chi connectivity index (χ0v) is 7.95. The lowest BCUT2D eigenvalue weighted by Gasteiger charge is -2.05. The number of alkyl halides is 3. The van der Waals surface area contributed by atoms with Crippen molar-refractivity contribution < 1.29 is 13.2 Å². The lowest BCUT2D eigenvalue weighted by atomic mass is 10.2. The Kier molecular flexibility index (Phi) is 4.38. The molecule has 0 saturated heterocycles. The van der Waals surface area contributed by atoms with Gasteiger partial charge in [0.25, 0.3) is 0 Å². The van der Waals surface area contributed by atoms with Gasteiger partial charge in [0.2, 0.25) is 0 Å². The predicted octanol–water partition coefficient (Wildman–Crippen LogP) is 2.82. The molecule has 0 saturated carbocycles. The van der Waals surface area contributed by atoms with Crippen LogP contribution in [-0.2, 0) is 0 Å². The molecule has 0 aromatic rings. The van der Waals surface area contributed by atoms with Crippen molar-refractivity contribution in [3.05, 3.63) is 23.3 Å². The van der Waals surface area contributed by atoms with E-state index in [1.54, 1.807) is 6.07 Å². The second kappa shape index (κ2) is 4.82. The molecular weight excluding hydrogens is 217 g/mol. The fourth-order valence-corrected chi connectivity index (χ4v) is 0.772. The first-order chi connectivity index (χ1) is 6.32. The largest absolute Gasteiger partial charge is 0.415 e. The summed E-state index contributed by atoms with van der Waals surface area (Å²) < 4.78 is 35.9. The van der Waals surface area contributed by atoms with E-state index in [1.165, 1.54) is 7.05 Å². The maximum absolute atomic E-state index is 12.0. The molecule has 0 aromatic heterocycles. The Morgan fingerprint density at radius 1 is 1.57 bits per heavy atom. The summed E-state index contributed by atoms with van der Waals surface area (Å²) in [6.07, 6.45) is -3.98. The molecule has 76 valence electrons. The summed E-state index contributed by atoms with van der Waals surface area (Å²) in [6.45, 7) is 2.77. The molecule has 0 aliphatic heterocycles. The highest BCUT2D eigenvalue weighted by Crippen LogP contribution is 2.26. The van der Waals surface area contributed by atoms with Gasteiger partial charge in [0.05, 0.1) is 5.03 Å². The van der Waals surface area contributed by atoms with Gasteiger partial charge in [-0.25, -0.2) is 0 Å². The van der Waals surface area contributed by atoms with Crippen molar-refractivity contribution >= 4 is 17.3 Å². The van der Waals surface area contributed by atoms with E-state index >= 15 is 0 Å². The van der Waals surface area contributed by atoms with Crippen molar-refractivity contribution in [2.45, 2.75) is 6.18 Å². The molecule has 0 aliphatic rings. The van der Waals surface area contributed by atoms with E-state index < -0.39 is 11.7 Å². The van der Waals surface area contributed by atoms with Crippen LogP contribution in [0.3, 0.4) is 0 Å². The normalized spacial score (nSPS) is 13.7. The molecule has 0 fully saturated rings. The number of hydrogen-bond acceptors (Lipinski definition) is 2. The SMILES string of the molecule is C=C(/C=C(Cl)\C(C#N)=N/C)C(F)(F)F. The third-order valence-corrected chi connectivity index (χ3v) is 1.51. The Labute approximate surface area is 84.0 Å². The molecule has 0 N–H and O–H groups in total. The molecule has 2 nitrogen and oxygen atoms in total. The highest BCUT2D eigenvalue weighted by atomic mass is 35.5. The molecule has 14 heavy (non-hydrogen) atoms. The molecule has 0 spiro atoms. The third-order valence-electron chi connectivity index (χ3n) is 1.22. The Morgan fingerprint density at radius 3 is 2.36 bits per heavy atom. The van der Waals surface area contributed by atoms with Gasteiger partial charge >= 0.3 is 6.18 Å². The van der Waals surface area contributed by atoms with Crippen LogP contribution in [0.2, 0.25) is 0 Å². The number of allylic oxidation sites excluding steroid dienone is 3. The summed E-state index contributed by atoms with van der Waals surface area (Å²) in [5.41, 5.74) is -1.39. The van der Waals surface area contributed by atoms with Crippen LogP contribution < -0.4 is 0 Å². The van der Waals surface area contributed by atoms with Gasteiger partial charge in [-0.1, -0.05) is 18.2 Å². The molecule has 6 heteroatoms. The Hall–Kier alpha value is -1.28. The van der Waals surface area contributed by atoms with Gasteiger partial charge in [-0.3, -0.25) is 4.99 Å². The second-order valence-corrected chi connectivity index (χ2v) is 2.61. The number of nitriles is 1. The Balaban J connectivity index is 4.89. The van der Waals surface area contributed by atoms with E-state index in [9.17, 15) is 13.2 Å². The van der Waals surface area contributed by atoms with Gasteiger partial charge in [0, 0.05) is 12.6 Å². The quantitative estimate of drug-likeness (QED) is 0.523. The van der Waals surface area contributed by atoms with E-state index in [-0.39, 0.29) is 10.7 Å². The van der Waals surface area contributed by atoms with Gasteiger partial charge in [0.1, 0.15) is 6.07 Å². The molecule has 0 rings (SSSR count). The van der Waals surface area contributed by atoms with Crippen LogP contribution in [-0.4, -0.2) is 18.9 Å². The van der Waals surface area contributed by atoms with Crippen molar-refractivity contribution in [3.63, 3.8) is 0 Å². The van der Waals surface area contributed by atoms with Gasteiger partial charge in [-0.15, -0.1) is 0 Å². The third kappa shape index (κ3) is 3.62. The minimum Gasteiger partial charge on any atom is -0.276 e. The lowest BCUT2D eigenvalue weighted by Crippen LogP contribution is -2.09. The first-order valence-electron chi connectivity index (χ1n) is 3.33. The Bertz CT molecular complexity index is 333. The summed E-state index contributed by atoms with van der Waals surface area (Å²) >= 11 is 5.40. The lowest BCUT2D eigenvalue weighted by molar-refractivity contribution is -0.0878. The van der Waals surface area contributed by atoms with Crippen LogP contribution in [0.25, 0.3) is 0 Å². The summed E-state index contributed by atoms with van der Waals surface area (Å²) in [7, 11) is 1.26. The van der Waals surface area contributed by atoms with E-state index in [4.69, 9.17) is 16.9 Å². The number of aliphatic imine (C=N–C) groups is 1. The number of nitrogens with zero attached hydrogens (tertiary/aromatic N) is 2. The maximum atomic E-state index is 12.0. The van der Waals surface area contributed by atoms with Gasteiger partial charge < -0.3 is 0 Å². The van der Waals surface area contributed by atoms with E-state index in [0.717, 1.165) is 0 Å². The van der Waals surface area contributed by atoms with Crippen LogP contribution in [0, 0.1) is 11.3 Å². The van der Waals surface area contributed by atoms with Gasteiger partial charge in [-0.05, 0) is 6.08 Å². The molecule has 0 bridgehead atoms. The monoisotopic (exact) mass is 222 g/mol. The van der Waals surface area contributed by atoms with Gasteiger partial charge in [-0.2, -0.15) is 18.4 Å². The van der Waals surface area contributed by atoms with Crippen LogP contribution >= 0.6 is 11.6 Å². The number of hydrogen-bond donors (Lipinski definition) is 0. The zero-order valence-electron chi connectivity index (χ0n) is 7.19. The van der Waals surface area contributed by atoms with Crippen molar-refractivity contribution in [2.24, 2.45) is 4.99 Å². The Morgan fingerprint density at radius 2 is 2.07 bits per heavy atom. The standard InChI is InChI=1S/C8H6ClF3N2/c1-5(8(10,11)12)3-6(9)7(4-13)14-2/h3H,1H2,2H3/b6-3+,14-7-. The summed E-state index contributed by atoms with van der Waals surface area (Å²) in [5.74, 6) is 0. The average Bonchev–Trinajstić information content (AvgIpc) is 2.04. The smallest absolute Gasteiger partial charge is 0.276 e. The van der Waals surface area contributed by atoms with Crippen LogP contribution in [0.1, 0.15) is 0 Å². The molecule has 0 atom stereocenters. The fraction of sp³-hybridized carbons (Fsp3) is 0.250. The molecule has 0 amide bonds. The van der Waals surface area contributed by atoms with Crippen LogP contribution in [0.5, 0.6) is 0 Å². The van der Waals surface area contributed by atoms with E-state index in [2.05, 4.69) is 11.6 Å². The second-order valence-electron chi connectivity index (χ2n) is 2.20. The number of halogens is 4. The summed E-state index contributed by atoms with van der Waals surface area (Å²) in [5, 5.41) is 8.02. The van der Waals surface area contributed by atoms with E-state index in [1.807, 2.05) is 0 Å². The molecule has 0 unspecified atom stereocenters. The molecule has 0 aliphatic carbocycles. The minimum absolute atomic E-state index is 0.267. The topological polar surface area (TPSA) is 36.1 Å². The van der Waals surface area contributed by atoms with E-state index in [0.29, 0.717) is 6.08 Å². The minimum atomic E-state index is -4.55. The maximum Gasteiger partial charge on any atom is 0.415 e. The van der Waals surface area contributed by atoms with Crippen molar-refractivity contribution in [1.82, 2.24) is 0 Å². The first kappa shape index (κ1) is 12.7. The molecular formula is C8H6ClF3N2. The number of rotatable bonds is 2. The van der Waals surface area contributed by atoms with Crippen LogP contribution in [0.4, 0.5) is 13.2 Å². The molecule has 0 aromatic carbocycles. The van der Waals surface area contributed by atoms with Crippen LogP contribution in [0.15, 0.2) is 28.3 Å². The fourth-order valence-electron chi connectivity index (χ4n) is 0.513. The summed E-state index contributed by atoms with van der Waals surface area (Å²) in [4.78, 5) is 3.39. The highest BCUT2D eigenvalue weighted by Gasteiger charge is 2.30. The first-order valence-corrected chi connectivity index (χ1v) is 3.71. The zero-order chi connectivity index (χ0) is 11.4. The van der Waals surface area contributed by atoms with Crippen molar-refractivity contribution in [3.8, 4) is 6.07 Å². The van der Waals surface area contributed by atoms with Crippen molar-refractivity contribution in [2.75, 3.05) is 7.05 Å². The van der Waals surface area contributed by atoms with Crippen molar-refractivity contribution in [1.29, 1.82) is 5.26 Å². The average molecular weight is 223 g/mol.